The molecular formula is C16H9N3OS. The third-order valence-electron chi connectivity index (χ3n) is 3.09. The summed E-state index contributed by atoms with van der Waals surface area (Å²) in [6, 6.07) is 14.9. The van der Waals surface area contributed by atoms with Crippen molar-refractivity contribution in [2.24, 2.45) is 0 Å². The zero-order chi connectivity index (χ0) is 14.8. The molecular weight excluding hydrogens is 282 g/mol. The topological polar surface area (TPSA) is 86.7 Å². The number of rotatable bonds is 2. The minimum atomic E-state index is 0.208. The zero-order valence-electron chi connectivity index (χ0n) is 10.8. The summed E-state index contributed by atoms with van der Waals surface area (Å²) < 4.78 is 5.59. The van der Waals surface area contributed by atoms with E-state index in [0.717, 1.165) is 10.4 Å². The summed E-state index contributed by atoms with van der Waals surface area (Å²) in [6.07, 6.45) is 0. The molecule has 21 heavy (non-hydrogen) atoms. The number of nitrogens with zero attached hydrogens (tertiary/aromatic N) is 2. The first-order valence-electron chi connectivity index (χ1n) is 6.11. The predicted molar refractivity (Wildman–Crippen MR) is 81.3 cm³/mol. The van der Waals surface area contributed by atoms with Crippen LogP contribution >= 0.6 is 11.3 Å². The lowest BCUT2D eigenvalue weighted by Gasteiger charge is -1.99. The lowest BCUT2D eigenvalue weighted by atomic mass is 10.0. The van der Waals surface area contributed by atoms with E-state index in [9.17, 15) is 5.26 Å². The molecule has 0 saturated carbocycles. The van der Waals surface area contributed by atoms with Crippen molar-refractivity contribution in [1.82, 2.24) is 0 Å². The first-order chi connectivity index (χ1) is 10.2. The van der Waals surface area contributed by atoms with Crippen LogP contribution < -0.4 is 5.73 Å². The summed E-state index contributed by atoms with van der Waals surface area (Å²) in [5, 5.41) is 20.2. The average molecular weight is 291 g/mol. The van der Waals surface area contributed by atoms with Crippen molar-refractivity contribution in [3.63, 3.8) is 0 Å². The van der Waals surface area contributed by atoms with Crippen molar-refractivity contribution in [3.8, 4) is 33.9 Å². The molecule has 2 N–H and O–H groups in total. The molecule has 0 bridgehead atoms. The fourth-order valence-corrected chi connectivity index (χ4v) is 2.85. The van der Waals surface area contributed by atoms with Gasteiger partial charge in [0.2, 0.25) is 0 Å². The number of nitrogens with two attached hydrogens (primary N) is 1. The maximum atomic E-state index is 9.46. The van der Waals surface area contributed by atoms with E-state index in [1.807, 2.05) is 17.5 Å². The minimum Gasteiger partial charge on any atom is -0.438 e. The van der Waals surface area contributed by atoms with Gasteiger partial charge in [-0.15, -0.1) is 11.3 Å². The van der Waals surface area contributed by atoms with E-state index in [1.165, 1.54) is 11.3 Å². The van der Waals surface area contributed by atoms with Gasteiger partial charge in [0, 0.05) is 0 Å². The molecule has 0 atom stereocenters. The van der Waals surface area contributed by atoms with Crippen LogP contribution in [0.5, 0.6) is 0 Å². The molecule has 2 heterocycles. The van der Waals surface area contributed by atoms with Crippen molar-refractivity contribution in [2.45, 2.75) is 0 Å². The van der Waals surface area contributed by atoms with E-state index in [1.54, 1.807) is 24.3 Å². The normalized spacial score (nSPS) is 10.0. The maximum absolute atomic E-state index is 9.46. The van der Waals surface area contributed by atoms with Crippen LogP contribution in [-0.2, 0) is 0 Å². The molecule has 0 unspecified atom stereocenters. The average Bonchev–Trinajstić information content (AvgIpc) is 3.14. The molecule has 100 valence electrons. The fraction of sp³-hybridized carbons (Fsp3) is 0. The second kappa shape index (κ2) is 5.16. The summed E-state index contributed by atoms with van der Waals surface area (Å²) >= 11 is 1.49. The molecule has 1 aromatic carbocycles. The maximum Gasteiger partial charge on any atom is 0.200 e. The molecule has 0 saturated heterocycles. The van der Waals surface area contributed by atoms with Gasteiger partial charge >= 0.3 is 0 Å². The highest BCUT2D eigenvalue weighted by molar-refractivity contribution is 7.13. The molecule has 0 spiro atoms. The van der Waals surface area contributed by atoms with Gasteiger partial charge in [-0.3, -0.25) is 0 Å². The number of thiophene rings is 1. The highest BCUT2D eigenvalue weighted by Crippen LogP contribution is 2.40. The quantitative estimate of drug-likeness (QED) is 0.773. The first kappa shape index (κ1) is 13.0. The van der Waals surface area contributed by atoms with Crippen LogP contribution in [0.1, 0.15) is 11.1 Å². The molecule has 4 nitrogen and oxygen atoms in total. The fourth-order valence-electron chi connectivity index (χ4n) is 2.13. The standard InChI is InChI=1S/C16H9N3OS/c17-8-10-3-5-11(6-4-10)14-12(9-18)15(20-16(14)19)13-2-1-7-21-13/h1-7H,19H2. The largest absolute Gasteiger partial charge is 0.438 e. The number of hydrogen-bond donors (Lipinski definition) is 1. The van der Waals surface area contributed by atoms with Gasteiger partial charge in [0.25, 0.3) is 0 Å². The number of furan rings is 1. The lowest BCUT2D eigenvalue weighted by Crippen LogP contribution is -1.87. The molecule has 0 amide bonds. The molecule has 3 aromatic rings. The number of benzene rings is 1. The van der Waals surface area contributed by atoms with Gasteiger partial charge in [0.1, 0.15) is 11.6 Å². The SMILES string of the molecule is N#Cc1ccc(-c2c(N)oc(-c3cccs3)c2C#N)cc1. The van der Waals surface area contributed by atoms with Crippen molar-refractivity contribution in [2.75, 3.05) is 5.73 Å². The molecule has 0 aliphatic heterocycles. The van der Waals surface area contributed by atoms with Gasteiger partial charge in [-0.05, 0) is 29.1 Å². The second-order valence-electron chi connectivity index (χ2n) is 4.32. The van der Waals surface area contributed by atoms with Crippen molar-refractivity contribution in [3.05, 3.63) is 52.9 Å². The van der Waals surface area contributed by atoms with Gasteiger partial charge in [-0.2, -0.15) is 10.5 Å². The van der Waals surface area contributed by atoms with Crippen LogP contribution in [0.3, 0.4) is 0 Å². The summed E-state index contributed by atoms with van der Waals surface area (Å²) in [5.74, 6) is 0.698. The van der Waals surface area contributed by atoms with E-state index in [4.69, 9.17) is 15.4 Å². The van der Waals surface area contributed by atoms with Crippen molar-refractivity contribution in [1.29, 1.82) is 10.5 Å². The van der Waals surface area contributed by atoms with E-state index < -0.39 is 0 Å². The third-order valence-corrected chi connectivity index (χ3v) is 3.96. The van der Waals surface area contributed by atoms with Crippen LogP contribution in [0.15, 0.2) is 46.2 Å². The van der Waals surface area contributed by atoms with Crippen LogP contribution in [0, 0.1) is 22.7 Å². The first-order valence-corrected chi connectivity index (χ1v) is 6.99. The molecule has 3 rings (SSSR count). The molecule has 0 fully saturated rings. The predicted octanol–water partition coefficient (Wildman–Crippen LogP) is 4.00. The Balaban J connectivity index is 2.19. The van der Waals surface area contributed by atoms with Gasteiger partial charge in [-0.1, -0.05) is 18.2 Å². The molecule has 2 aromatic heterocycles. The molecule has 0 aliphatic rings. The van der Waals surface area contributed by atoms with Gasteiger partial charge in [0.15, 0.2) is 11.6 Å². The highest BCUT2D eigenvalue weighted by Gasteiger charge is 2.21. The van der Waals surface area contributed by atoms with E-state index in [-0.39, 0.29) is 5.88 Å². The van der Waals surface area contributed by atoms with Crippen LogP contribution in [0.4, 0.5) is 5.88 Å². The van der Waals surface area contributed by atoms with Crippen molar-refractivity contribution < 1.29 is 4.42 Å². The van der Waals surface area contributed by atoms with Gasteiger partial charge < -0.3 is 10.2 Å². The van der Waals surface area contributed by atoms with Gasteiger partial charge in [-0.25, -0.2) is 0 Å². The number of anilines is 1. The summed E-state index contributed by atoms with van der Waals surface area (Å²) in [4.78, 5) is 0.859. The Hall–Kier alpha value is -3.02. The molecule has 0 aliphatic carbocycles. The lowest BCUT2D eigenvalue weighted by molar-refractivity contribution is 0.604. The molecule has 5 heteroatoms. The Kier molecular flexibility index (Phi) is 3.19. The smallest absolute Gasteiger partial charge is 0.200 e. The van der Waals surface area contributed by atoms with Gasteiger partial charge in [0.05, 0.1) is 22.1 Å². The summed E-state index contributed by atoms with van der Waals surface area (Å²) in [5.41, 5.74) is 8.25. The third kappa shape index (κ3) is 2.16. The van der Waals surface area contributed by atoms with Crippen LogP contribution in [0.2, 0.25) is 0 Å². The number of nitrogen functional groups attached to an aromatic ring is 1. The Labute approximate surface area is 125 Å². The van der Waals surface area contributed by atoms with Crippen LogP contribution in [-0.4, -0.2) is 0 Å². The summed E-state index contributed by atoms with van der Waals surface area (Å²) in [7, 11) is 0. The second-order valence-corrected chi connectivity index (χ2v) is 5.27. The Morgan fingerprint density at radius 2 is 1.81 bits per heavy atom. The van der Waals surface area contributed by atoms with Crippen molar-refractivity contribution >= 4 is 17.2 Å². The monoisotopic (exact) mass is 291 g/mol. The highest BCUT2D eigenvalue weighted by atomic mass is 32.1. The zero-order valence-corrected chi connectivity index (χ0v) is 11.6. The Morgan fingerprint density at radius 1 is 1.05 bits per heavy atom. The summed E-state index contributed by atoms with van der Waals surface area (Å²) in [6.45, 7) is 0. The van der Waals surface area contributed by atoms with E-state index >= 15 is 0 Å². The van der Waals surface area contributed by atoms with E-state index in [2.05, 4.69) is 12.1 Å². The Morgan fingerprint density at radius 3 is 2.38 bits per heavy atom. The number of nitriles is 2. The number of hydrogen-bond acceptors (Lipinski definition) is 5. The molecule has 0 radical (unpaired) electrons. The minimum absolute atomic E-state index is 0.208. The Bertz CT molecular complexity index is 862. The van der Waals surface area contributed by atoms with Crippen LogP contribution in [0.25, 0.3) is 21.8 Å². The van der Waals surface area contributed by atoms with E-state index in [0.29, 0.717) is 22.5 Å².